The lowest BCUT2D eigenvalue weighted by Crippen LogP contribution is -2.07. The van der Waals surface area contributed by atoms with Gasteiger partial charge in [-0.15, -0.1) is 0 Å². The van der Waals surface area contributed by atoms with Gasteiger partial charge in [-0.1, -0.05) is 46.3 Å². The molecule has 0 aliphatic rings. The van der Waals surface area contributed by atoms with Gasteiger partial charge in [0.05, 0.1) is 0 Å². The summed E-state index contributed by atoms with van der Waals surface area (Å²) in [6.45, 7) is 0.763. The molecule has 0 radical (unpaired) electrons. The monoisotopic (exact) mass is 303 g/mol. The molecule has 0 saturated heterocycles. The van der Waals surface area contributed by atoms with Crippen LogP contribution in [0.25, 0.3) is 0 Å². The van der Waals surface area contributed by atoms with Gasteiger partial charge in [-0.25, -0.2) is 0 Å². The predicted octanol–water partition coefficient (Wildman–Crippen LogP) is 3.40. The number of carbonyl (C=O) groups excluding carboxylic acids is 1. The maximum Gasteiger partial charge on any atom is 0.193 e. The second-order valence-corrected chi connectivity index (χ2v) is 4.99. The fourth-order valence-corrected chi connectivity index (χ4v) is 2.22. The number of benzene rings is 2. The summed E-state index contributed by atoms with van der Waals surface area (Å²) in [7, 11) is 1.89. The van der Waals surface area contributed by atoms with Crippen molar-refractivity contribution in [2.24, 2.45) is 0 Å². The van der Waals surface area contributed by atoms with Gasteiger partial charge in [0.15, 0.2) is 5.78 Å². The normalized spacial score (nSPS) is 10.3. The zero-order chi connectivity index (χ0) is 13.0. The van der Waals surface area contributed by atoms with Crippen LogP contribution >= 0.6 is 15.9 Å². The molecular weight excluding hydrogens is 290 g/mol. The Morgan fingerprint density at radius 1 is 1.11 bits per heavy atom. The molecule has 1 N–H and O–H groups in total. The van der Waals surface area contributed by atoms with E-state index < -0.39 is 0 Å². The number of halogens is 1. The molecule has 0 atom stereocenters. The van der Waals surface area contributed by atoms with Gasteiger partial charge in [-0.2, -0.15) is 0 Å². The van der Waals surface area contributed by atoms with Gasteiger partial charge < -0.3 is 5.32 Å². The summed E-state index contributed by atoms with van der Waals surface area (Å²) in [6.07, 6.45) is 0. The average molecular weight is 304 g/mol. The summed E-state index contributed by atoms with van der Waals surface area (Å²) >= 11 is 3.38. The Balaban J connectivity index is 2.31. The van der Waals surface area contributed by atoms with Crippen LogP contribution in [0.3, 0.4) is 0 Å². The second kappa shape index (κ2) is 5.94. The van der Waals surface area contributed by atoms with Crippen molar-refractivity contribution in [2.45, 2.75) is 6.54 Å². The van der Waals surface area contributed by atoms with Crippen LogP contribution in [0.2, 0.25) is 0 Å². The van der Waals surface area contributed by atoms with Crippen molar-refractivity contribution in [1.29, 1.82) is 0 Å². The molecule has 0 spiro atoms. The van der Waals surface area contributed by atoms with Gasteiger partial charge in [0.1, 0.15) is 0 Å². The highest BCUT2D eigenvalue weighted by atomic mass is 79.9. The zero-order valence-corrected chi connectivity index (χ0v) is 11.7. The summed E-state index contributed by atoms with van der Waals surface area (Å²) in [5.41, 5.74) is 2.53. The molecule has 2 aromatic rings. The van der Waals surface area contributed by atoms with Crippen molar-refractivity contribution in [3.63, 3.8) is 0 Å². The Bertz CT molecular complexity index is 566. The minimum absolute atomic E-state index is 0.0502. The van der Waals surface area contributed by atoms with E-state index in [2.05, 4.69) is 21.2 Å². The Kier molecular flexibility index (Phi) is 4.28. The van der Waals surface area contributed by atoms with Crippen molar-refractivity contribution in [3.8, 4) is 0 Å². The van der Waals surface area contributed by atoms with Crippen molar-refractivity contribution in [2.75, 3.05) is 7.05 Å². The third kappa shape index (κ3) is 3.06. The van der Waals surface area contributed by atoms with E-state index in [9.17, 15) is 4.79 Å². The van der Waals surface area contributed by atoms with E-state index in [4.69, 9.17) is 0 Å². The Hall–Kier alpha value is -1.45. The first-order valence-electron chi connectivity index (χ1n) is 5.74. The maximum atomic E-state index is 12.3. The molecule has 2 rings (SSSR count). The Morgan fingerprint density at radius 2 is 1.78 bits per heavy atom. The van der Waals surface area contributed by atoms with Gasteiger partial charge in [-0.3, -0.25) is 4.79 Å². The van der Waals surface area contributed by atoms with Crippen LogP contribution in [0.15, 0.2) is 53.0 Å². The molecule has 0 unspecified atom stereocenters. The molecule has 2 nitrogen and oxygen atoms in total. The summed E-state index contributed by atoms with van der Waals surface area (Å²) in [6, 6.07) is 15.2. The topological polar surface area (TPSA) is 29.1 Å². The molecule has 0 bridgehead atoms. The first-order chi connectivity index (χ1) is 8.70. The van der Waals surface area contributed by atoms with E-state index in [0.29, 0.717) is 5.56 Å². The standard InChI is InChI=1S/C15H14BrNO/c1-17-10-11-4-2-5-12(8-11)15(18)13-6-3-7-14(16)9-13/h2-9,17H,10H2,1H3. The minimum Gasteiger partial charge on any atom is -0.316 e. The fraction of sp³-hybridized carbons (Fsp3) is 0.133. The third-order valence-corrected chi connectivity index (χ3v) is 3.15. The minimum atomic E-state index is 0.0502. The second-order valence-electron chi connectivity index (χ2n) is 4.07. The van der Waals surface area contributed by atoms with E-state index in [0.717, 1.165) is 22.1 Å². The smallest absolute Gasteiger partial charge is 0.193 e. The van der Waals surface area contributed by atoms with Gasteiger partial charge >= 0.3 is 0 Å². The highest BCUT2D eigenvalue weighted by molar-refractivity contribution is 9.10. The van der Waals surface area contributed by atoms with Crippen LogP contribution in [-0.2, 0) is 6.54 Å². The largest absolute Gasteiger partial charge is 0.316 e. The number of rotatable bonds is 4. The lowest BCUT2D eigenvalue weighted by Gasteiger charge is -2.05. The molecule has 0 aliphatic heterocycles. The molecule has 18 heavy (non-hydrogen) atoms. The lowest BCUT2D eigenvalue weighted by molar-refractivity contribution is 0.103. The molecule has 2 aromatic carbocycles. The molecule has 92 valence electrons. The molecule has 0 amide bonds. The predicted molar refractivity (Wildman–Crippen MR) is 76.8 cm³/mol. The molecular formula is C15H14BrNO. The first-order valence-corrected chi connectivity index (χ1v) is 6.54. The molecule has 3 heteroatoms. The molecule has 0 aliphatic carbocycles. The van der Waals surface area contributed by atoms with Crippen molar-refractivity contribution < 1.29 is 4.79 Å². The lowest BCUT2D eigenvalue weighted by atomic mass is 10.0. The quantitative estimate of drug-likeness (QED) is 0.877. The van der Waals surface area contributed by atoms with E-state index in [1.165, 1.54) is 0 Å². The number of nitrogens with one attached hydrogen (secondary N) is 1. The van der Waals surface area contributed by atoms with Crippen LogP contribution in [0.1, 0.15) is 21.5 Å². The maximum absolute atomic E-state index is 12.3. The van der Waals surface area contributed by atoms with Gasteiger partial charge in [0.2, 0.25) is 0 Å². The molecule has 0 heterocycles. The van der Waals surface area contributed by atoms with Gasteiger partial charge in [0.25, 0.3) is 0 Å². The van der Waals surface area contributed by atoms with Crippen molar-refractivity contribution in [3.05, 3.63) is 69.7 Å². The molecule has 0 fully saturated rings. The fourth-order valence-electron chi connectivity index (χ4n) is 1.82. The van der Waals surface area contributed by atoms with Crippen LogP contribution in [0, 0.1) is 0 Å². The van der Waals surface area contributed by atoms with E-state index in [1.54, 1.807) is 0 Å². The summed E-state index contributed by atoms with van der Waals surface area (Å²) < 4.78 is 0.916. The van der Waals surface area contributed by atoms with Crippen molar-refractivity contribution >= 4 is 21.7 Å². The third-order valence-electron chi connectivity index (χ3n) is 2.66. The van der Waals surface area contributed by atoms with E-state index >= 15 is 0 Å². The highest BCUT2D eigenvalue weighted by Gasteiger charge is 2.09. The van der Waals surface area contributed by atoms with Gasteiger partial charge in [0, 0.05) is 22.1 Å². The number of hydrogen-bond donors (Lipinski definition) is 1. The first kappa shape index (κ1) is 13.0. The number of carbonyl (C=O) groups is 1. The zero-order valence-electron chi connectivity index (χ0n) is 10.1. The molecule has 0 saturated carbocycles. The summed E-state index contributed by atoms with van der Waals surface area (Å²) in [5, 5.41) is 3.08. The number of ketones is 1. The summed E-state index contributed by atoms with van der Waals surface area (Å²) in [5.74, 6) is 0.0502. The van der Waals surface area contributed by atoms with Crippen LogP contribution in [0.5, 0.6) is 0 Å². The number of hydrogen-bond acceptors (Lipinski definition) is 2. The van der Waals surface area contributed by atoms with E-state index in [1.807, 2.05) is 55.6 Å². The average Bonchev–Trinajstić information content (AvgIpc) is 2.39. The van der Waals surface area contributed by atoms with Crippen LogP contribution < -0.4 is 5.32 Å². The molecule has 0 aromatic heterocycles. The van der Waals surface area contributed by atoms with Crippen molar-refractivity contribution in [1.82, 2.24) is 5.32 Å². The Labute approximate surface area is 115 Å². The van der Waals surface area contributed by atoms with Crippen LogP contribution in [-0.4, -0.2) is 12.8 Å². The SMILES string of the molecule is CNCc1cccc(C(=O)c2cccc(Br)c2)c1. The van der Waals surface area contributed by atoms with Gasteiger partial charge in [-0.05, 0) is 30.8 Å². The Morgan fingerprint density at radius 3 is 2.44 bits per heavy atom. The highest BCUT2D eigenvalue weighted by Crippen LogP contribution is 2.16. The summed E-state index contributed by atoms with van der Waals surface area (Å²) in [4.78, 5) is 12.3. The van der Waals surface area contributed by atoms with Crippen LogP contribution in [0.4, 0.5) is 0 Å². The van der Waals surface area contributed by atoms with E-state index in [-0.39, 0.29) is 5.78 Å².